The van der Waals surface area contributed by atoms with Crippen LogP contribution in [0.3, 0.4) is 0 Å². The maximum atomic E-state index is 6.30. The summed E-state index contributed by atoms with van der Waals surface area (Å²) < 4.78 is 13.9. The van der Waals surface area contributed by atoms with Crippen LogP contribution in [0.15, 0.2) is 72.4 Å². The van der Waals surface area contributed by atoms with E-state index < -0.39 is 5.79 Å². The molecule has 1 aromatic heterocycles. The summed E-state index contributed by atoms with van der Waals surface area (Å²) in [6.07, 6.45) is 5.05. The van der Waals surface area contributed by atoms with Crippen molar-refractivity contribution in [3.05, 3.63) is 88.4 Å². The minimum Gasteiger partial charge on any atom is -0.393 e. The molecule has 6 nitrogen and oxygen atoms in total. The molecule has 4 rings (SSSR count). The predicted molar refractivity (Wildman–Crippen MR) is 116 cm³/mol. The van der Waals surface area contributed by atoms with Crippen LogP contribution in [0.25, 0.3) is 0 Å². The molecule has 2 unspecified atom stereocenters. The highest BCUT2D eigenvalue weighted by Gasteiger charge is 2.40. The Labute approximate surface area is 185 Å². The minimum absolute atomic E-state index is 0.251. The number of ether oxygens (including phenoxy) is 2. The molecule has 0 spiro atoms. The van der Waals surface area contributed by atoms with Gasteiger partial charge in [0.25, 0.3) is 0 Å². The molecule has 1 aliphatic rings. The molecule has 0 N–H and O–H groups in total. The summed E-state index contributed by atoms with van der Waals surface area (Å²) in [5.74, 6) is -0.911. The van der Waals surface area contributed by atoms with Gasteiger partial charge in [-0.3, -0.25) is 0 Å². The van der Waals surface area contributed by atoms with Gasteiger partial charge in [0.15, 0.2) is 5.79 Å². The molecule has 2 aromatic carbocycles. The zero-order valence-corrected chi connectivity index (χ0v) is 17.9. The highest BCUT2D eigenvalue weighted by Crippen LogP contribution is 2.37. The summed E-state index contributed by atoms with van der Waals surface area (Å²) in [5.41, 5.74) is 2.45. The van der Waals surface area contributed by atoms with Gasteiger partial charge in [0.1, 0.15) is 18.4 Å². The maximum Gasteiger partial charge on any atom is 0.194 e. The lowest BCUT2D eigenvalue weighted by atomic mass is 10.1. The lowest BCUT2D eigenvalue weighted by molar-refractivity contribution is -0.167. The second-order valence-corrected chi connectivity index (χ2v) is 7.90. The molecule has 8 heteroatoms. The van der Waals surface area contributed by atoms with Crippen molar-refractivity contribution >= 4 is 28.9 Å². The van der Waals surface area contributed by atoms with E-state index in [0.29, 0.717) is 23.2 Å². The zero-order chi connectivity index (χ0) is 21.0. The van der Waals surface area contributed by atoms with E-state index >= 15 is 0 Å². The first-order valence-electron chi connectivity index (χ1n) is 9.51. The van der Waals surface area contributed by atoms with E-state index in [4.69, 9.17) is 37.5 Å². The Morgan fingerprint density at radius 2 is 2.03 bits per heavy atom. The summed E-state index contributed by atoms with van der Waals surface area (Å²) >= 11 is 12.3. The molecule has 0 saturated carbocycles. The van der Waals surface area contributed by atoms with E-state index in [9.17, 15) is 0 Å². The van der Waals surface area contributed by atoms with Crippen molar-refractivity contribution in [3.8, 4) is 0 Å². The predicted octanol–water partition coefficient (Wildman–Crippen LogP) is 4.90. The lowest BCUT2D eigenvalue weighted by Crippen LogP contribution is -2.25. The van der Waals surface area contributed by atoms with Crippen molar-refractivity contribution < 1.29 is 14.3 Å². The fourth-order valence-corrected chi connectivity index (χ4v) is 3.69. The Bertz CT molecular complexity index is 1010. The fraction of sp³-hybridized carbons (Fsp3) is 0.273. The Morgan fingerprint density at radius 3 is 2.77 bits per heavy atom. The average Bonchev–Trinajstić information content (AvgIpc) is 3.38. The number of benzene rings is 2. The van der Waals surface area contributed by atoms with Crippen molar-refractivity contribution in [2.75, 3.05) is 13.2 Å². The Balaban J connectivity index is 1.43. The molecule has 156 valence electrons. The van der Waals surface area contributed by atoms with Crippen LogP contribution < -0.4 is 0 Å². The lowest BCUT2D eigenvalue weighted by Gasteiger charge is -2.24. The number of imidazole rings is 1. The first kappa shape index (κ1) is 20.9. The van der Waals surface area contributed by atoms with Gasteiger partial charge < -0.3 is 18.9 Å². The topological polar surface area (TPSA) is 57.9 Å². The van der Waals surface area contributed by atoms with Crippen molar-refractivity contribution in [2.24, 2.45) is 5.16 Å². The van der Waals surface area contributed by atoms with Crippen molar-refractivity contribution in [1.82, 2.24) is 9.55 Å². The van der Waals surface area contributed by atoms with E-state index in [1.165, 1.54) is 0 Å². The largest absolute Gasteiger partial charge is 0.393 e. The van der Waals surface area contributed by atoms with E-state index in [1.54, 1.807) is 12.5 Å². The number of oxime groups is 1. The van der Waals surface area contributed by atoms with Crippen LogP contribution in [0.1, 0.15) is 18.1 Å². The standard InChI is InChI=1S/C22H21Cl2N3O3/c1-22(19-4-2-3-5-20(19)24)28-13-18(30-22)14-29-26-21(12-27-11-10-25-15-27)16-6-8-17(23)9-7-16/h2-11,15,18H,12-14H2,1H3/b26-21-. The third kappa shape index (κ3) is 4.84. The number of hydrogen-bond donors (Lipinski definition) is 0. The number of nitrogens with zero attached hydrogens (tertiary/aromatic N) is 3. The molecule has 2 atom stereocenters. The zero-order valence-electron chi connectivity index (χ0n) is 16.4. The first-order chi connectivity index (χ1) is 14.5. The number of aromatic nitrogens is 2. The smallest absolute Gasteiger partial charge is 0.194 e. The van der Waals surface area contributed by atoms with Crippen molar-refractivity contribution in [2.45, 2.75) is 25.4 Å². The number of rotatable bonds is 7. The molecule has 1 fully saturated rings. The molecule has 2 heterocycles. The number of halogens is 2. The first-order valence-corrected chi connectivity index (χ1v) is 10.3. The highest BCUT2D eigenvalue weighted by molar-refractivity contribution is 6.31. The van der Waals surface area contributed by atoms with Gasteiger partial charge in [0, 0.05) is 33.6 Å². The maximum absolute atomic E-state index is 6.30. The van der Waals surface area contributed by atoms with Gasteiger partial charge in [-0.05, 0) is 25.1 Å². The van der Waals surface area contributed by atoms with Crippen LogP contribution >= 0.6 is 23.2 Å². The second kappa shape index (κ2) is 9.18. The van der Waals surface area contributed by atoms with Crippen LogP contribution in [-0.2, 0) is 26.6 Å². The van der Waals surface area contributed by atoms with Crippen LogP contribution in [0.2, 0.25) is 10.0 Å². The van der Waals surface area contributed by atoms with Gasteiger partial charge in [-0.1, -0.05) is 58.7 Å². The fourth-order valence-electron chi connectivity index (χ4n) is 3.26. The van der Waals surface area contributed by atoms with Gasteiger partial charge in [-0.25, -0.2) is 4.98 Å². The van der Waals surface area contributed by atoms with Crippen LogP contribution in [0.5, 0.6) is 0 Å². The summed E-state index contributed by atoms with van der Waals surface area (Å²) in [4.78, 5) is 9.73. The Hall–Kier alpha value is -2.38. The molecular formula is C22H21Cl2N3O3. The SMILES string of the molecule is CC1(c2ccccc2Cl)OCC(CO/N=C(/Cn2ccnc2)c2ccc(Cl)cc2)O1. The molecule has 30 heavy (non-hydrogen) atoms. The molecule has 1 aliphatic heterocycles. The van der Waals surface area contributed by atoms with E-state index in [2.05, 4.69) is 10.1 Å². The molecule has 0 bridgehead atoms. The van der Waals surface area contributed by atoms with Gasteiger partial charge in [0.05, 0.1) is 19.5 Å². The monoisotopic (exact) mass is 445 g/mol. The van der Waals surface area contributed by atoms with Crippen LogP contribution in [-0.4, -0.2) is 34.6 Å². The van der Waals surface area contributed by atoms with Gasteiger partial charge in [-0.2, -0.15) is 0 Å². The van der Waals surface area contributed by atoms with E-state index in [-0.39, 0.29) is 12.7 Å². The second-order valence-electron chi connectivity index (χ2n) is 7.05. The van der Waals surface area contributed by atoms with Crippen molar-refractivity contribution in [1.29, 1.82) is 0 Å². The molecule has 3 aromatic rings. The van der Waals surface area contributed by atoms with Crippen LogP contribution in [0.4, 0.5) is 0 Å². The molecule has 0 amide bonds. The summed E-state index contributed by atoms with van der Waals surface area (Å²) in [6, 6.07) is 15.0. The normalized spacial score (nSPS) is 21.7. The number of hydrogen-bond acceptors (Lipinski definition) is 5. The van der Waals surface area contributed by atoms with Crippen LogP contribution in [0, 0.1) is 0 Å². The highest BCUT2D eigenvalue weighted by atomic mass is 35.5. The van der Waals surface area contributed by atoms with Gasteiger partial charge in [-0.15, -0.1) is 0 Å². The third-order valence-electron chi connectivity index (χ3n) is 4.80. The quantitative estimate of drug-likeness (QED) is 0.383. The summed E-state index contributed by atoms with van der Waals surface area (Å²) in [6.45, 7) is 3.01. The summed E-state index contributed by atoms with van der Waals surface area (Å²) in [5, 5.41) is 5.63. The van der Waals surface area contributed by atoms with Gasteiger partial charge >= 0.3 is 0 Å². The molecular weight excluding hydrogens is 425 g/mol. The minimum atomic E-state index is -0.911. The van der Waals surface area contributed by atoms with E-state index in [1.807, 2.05) is 66.2 Å². The summed E-state index contributed by atoms with van der Waals surface area (Å²) in [7, 11) is 0. The Morgan fingerprint density at radius 1 is 1.23 bits per heavy atom. The van der Waals surface area contributed by atoms with Gasteiger partial charge in [0.2, 0.25) is 0 Å². The Kier molecular flexibility index (Phi) is 6.39. The average molecular weight is 446 g/mol. The molecule has 0 aliphatic carbocycles. The molecule has 0 radical (unpaired) electrons. The third-order valence-corrected chi connectivity index (χ3v) is 5.39. The van der Waals surface area contributed by atoms with Crippen molar-refractivity contribution in [3.63, 3.8) is 0 Å². The molecule has 1 saturated heterocycles. The van der Waals surface area contributed by atoms with E-state index in [0.717, 1.165) is 16.8 Å².